The van der Waals surface area contributed by atoms with Crippen LogP contribution in [0.2, 0.25) is 0 Å². The average Bonchev–Trinajstić information content (AvgIpc) is 3.22. The summed E-state index contributed by atoms with van der Waals surface area (Å²) in [4.78, 5) is 14.2. The number of carbonyl (C=O) groups excluding carboxylic acids is 1. The van der Waals surface area contributed by atoms with Gasteiger partial charge in [-0.1, -0.05) is 26.7 Å². The van der Waals surface area contributed by atoms with Crippen LogP contribution in [0.15, 0.2) is 0 Å². The number of aliphatic hydroxyl groups is 1. The third-order valence-electron chi connectivity index (χ3n) is 4.79. The Balaban J connectivity index is 1.75. The van der Waals surface area contributed by atoms with Gasteiger partial charge in [-0.15, -0.1) is 0 Å². The number of aliphatic hydroxyl groups excluding tert-OH is 1. The fraction of sp³-hybridized carbons (Fsp3) is 0.933. The Morgan fingerprint density at radius 3 is 2.68 bits per heavy atom. The van der Waals surface area contributed by atoms with Crippen LogP contribution < -0.4 is 5.32 Å². The third-order valence-corrected chi connectivity index (χ3v) is 4.79. The lowest BCUT2D eigenvalue weighted by Crippen LogP contribution is -2.47. The molecule has 2 fully saturated rings. The molecule has 0 bridgehead atoms. The molecule has 4 nitrogen and oxygen atoms in total. The van der Waals surface area contributed by atoms with E-state index in [9.17, 15) is 9.90 Å². The first kappa shape index (κ1) is 14.8. The van der Waals surface area contributed by atoms with Crippen LogP contribution in [0.3, 0.4) is 0 Å². The van der Waals surface area contributed by atoms with E-state index in [0.717, 1.165) is 32.2 Å². The van der Waals surface area contributed by atoms with Crippen molar-refractivity contribution in [2.45, 2.75) is 64.5 Å². The number of nitrogens with one attached hydrogen (secondary N) is 1. The van der Waals surface area contributed by atoms with E-state index in [2.05, 4.69) is 24.1 Å². The lowest BCUT2D eigenvalue weighted by molar-refractivity contribution is -0.123. The highest BCUT2D eigenvalue weighted by Gasteiger charge is 2.36. The molecule has 2 N–H and O–H groups in total. The van der Waals surface area contributed by atoms with Gasteiger partial charge < -0.3 is 10.4 Å². The molecule has 0 heterocycles. The van der Waals surface area contributed by atoms with Crippen molar-refractivity contribution in [2.75, 3.05) is 19.6 Å². The summed E-state index contributed by atoms with van der Waals surface area (Å²) >= 11 is 0. The second kappa shape index (κ2) is 6.23. The Morgan fingerprint density at radius 1 is 1.37 bits per heavy atom. The smallest absolute Gasteiger partial charge is 0.234 e. The minimum absolute atomic E-state index is 0.104. The predicted octanol–water partition coefficient (Wildman–Crippen LogP) is 1.53. The second-order valence-electron chi connectivity index (χ2n) is 6.49. The number of carbonyl (C=O) groups is 1. The highest BCUT2D eigenvalue weighted by molar-refractivity contribution is 5.78. The van der Waals surface area contributed by atoms with Crippen LogP contribution in [0.1, 0.15) is 52.4 Å². The molecule has 2 aliphatic rings. The predicted molar refractivity (Wildman–Crippen MR) is 75.9 cm³/mol. The van der Waals surface area contributed by atoms with Crippen molar-refractivity contribution in [3.8, 4) is 0 Å². The molecule has 0 aliphatic heterocycles. The topological polar surface area (TPSA) is 52.6 Å². The molecule has 0 aromatic carbocycles. The van der Waals surface area contributed by atoms with Gasteiger partial charge in [-0.05, 0) is 32.2 Å². The summed E-state index contributed by atoms with van der Waals surface area (Å²) in [5.74, 6) is 0.104. The van der Waals surface area contributed by atoms with Crippen molar-refractivity contribution in [3.63, 3.8) is 0 Å². The van der Waals surface area contributed by atoms with Crippen molar-refractivity contribution < 1.29 is 9.90 Å². The summed E-state index contributed by atoms with van der Waals surface area (Å²) < 4.78 is 0. The Hall–Kier alpha value is -0.610. The van der Waals surface area contributed by atoms with Gasteiger partial charge in [0.2, 0.25) is 5.91 Å². The standard InChI is InChI=1S/C15H28N2O2/c1-3-17(12-7-8-12)10-14(19)16-11-15(2)9-5-4-6-13(15)18/h12-13,18H,3-11H2,1-2H3,(H,16,19). The molecular weight excluding hydrogens is 240 g/mol. The molecule has 0 radical (unpaired) electrons. The highest BCUT2D eigenvalue weighted by Crippen LogP contribution is 2.35. The Bertz CT molecular complexity index is 317. The highest BCUT2D eigenvalue weighted by atomic mass is 16.3. The van der Waals surface area contributed by atoms with Crippen LogP contribution >= 0.6 is 0 Å². The molecule has 0 aromatic heterocycles. The quantitative estimate of drug-likeness (QED) is 0.768. The van der Waals surface area contributed by atoms with Gasteiger partial charge in [0.05, 0.1) is 12.6 Å². The van der Waals surface area contributed by atoms with Gasteiger partial charge in [0.15, 0.2) is 0 Å². The summed E-state index contributed by atoms with van der Waals surface area (Å²) in [6.45, 7) is 6.26. The van der Waals surface area contributed by atoms with E-state index < -0.39 is 0 Å². The van der Waals surface area contributed by atoms with Gasteiger partial charge in [-0.2, -0.15) is 0 Å². The first-order chi connectivity index (χ1) is 9.05. The number of rotatable bonds is 6. The van der Waals surface area contributed by atoms with E-state index in [-0.39, 0.29) is 17.4 Å². The zero-order valence-electron chi connectivity index (χ0n) is 12.3. The third kappa shape index (κ3) is 3.93. The van der Waals surface area contributed by atoms with Crippen LogP contribution in [0.4, 0.5) is 0 Å². The fourth-order valence-electron chi connectivity index (χ4n) is 3.07. The van der Waals surface area contributed by atoms with E-state index in [0.29, 0.717) is 19.1 Å². The zero-order chi connectivity index (χ0) is 13.9. The molecule has 4 heteroatoms. The molecule has 2 atom stereocenters. The van der Waals surface area contributed by atoms with Crippen molar-refractivity contribution in [3.05, 3.63) is 0 Å². The number of likely N-dealkylation sites (N-methyl/N-ethyl adjacent to an activating group) is 1. The number of hydrogen-bond acceptors (Lipinski definition) is 3. The van der Waals surface area contributed by atoms with Crippen LogP contribution in [0.5, 0.6) is 0 Å². The summed E-state index contributed by atoms with van der Waals surface area (Å²) in [5.41, 5.74) is -0.134. The lowest BCUT2D eigenvalue weighted by atomic mass is 9.73. The minimum Gasteiger partial charge on any atom is -0.392 e. The van der Waals surface area contributed by atoms with Crippen molar-refractivity contribution in [2.24, 2.45) is 5.41 Å². The normalized spacial score (nSPS) is 31.5. The van der Waals surface area contributed by atoms with Crippen molar-refractivity contribution >= 4 is 5.91 Å². The maximum absolute atomic E-state index is 12.0. The van der Waals surface area contributed by atoms with Gasteiger partial charge >= 0.3 is 0 Å². The zero-order valence-corrected chi connectivity index (χ0v) is 12.3. The lowest BCUT2D eigenvalue weighted by Gasteiger charge is -2.38. The molecule has 0 saturated heterocycles. The first-order valence-corrected chi connectivity index (χ1v) is 7.74. The maximum atomic E-state index is 12.0. The van der Waals surface area contributed by atoms with E-state index in [1.807, 2.05) is 0 Å². The van der Waals surface area contributed by atoms with Crippen LogP contribution in [-0.4, -0.2) is 47.7 Å². The maximum Gasteiger partial charge on any atom is 0.234 e. The summed E-state index contributed by atoms with van der Waals surface area (Å²) in [5, 5.41) is 13.1. The number of nitrogens with zero attached hydrogens (tertiary/aromatic N) is 1. The van der Waals surface area contributed by atoms with Crippen molar-refractivity contribution in [1.82, 2.24) is 10.2 Å². The second-order valence-corrected chi connectivity index (χ2v) is 6.49. The average molecular weight is 268 g/mol. The Labute approximate surface area is 116 Å². The summed E-state index contributed by atoms with van der Waals surface area (Å²) in [6.07, 6.45) is 6.34. The summed E-state index contributed by atoms with van der Waals surface area (Å²) in [7, 11) is 0. The van der Waals surface area contributed by atoms with E-state index in [1.165, 1.54) is 12.8 Å². The fourth-order valence-corrected chi connectivity index (χ4v) is 3.07. The van der Waals surface area contributed by atoms with Gasteiger partial charge in [-0.25, -0.2) is 0 Å². The number of amides is 1. The molecule has 2 rings (SSSR count). The molecule has 2 aliphatic carbocycles. The Morgan fingerprint density at radius 2 is 2.11 bits per heavy atom. The molecule has 110 valence electrons. The number of hydrogen-bond donors (Lipinski definition) is 2. The van der Waals surface area contributed by atoms with Gasteiger partial charge in [0.1, 0.15) is 0 Å². The molecule has 1 amide bonds. The van der Waals surface area contributed by atoms with Gasteiger partial charge in [-0.3, -0.25) is 9.69 Å². The molecule has 2 unspecified atom stereocenters. The molecule has 19 heavy (non-hydrogen) atoms. The SMILES string of the molecule is CCN(CC(=O)NCC1(C)CCCCC1O)C1CC1. The van der Waals surface area contributed by atoms with Crippen molar-refractivity contribution in [1.29, 1.82) is 0 Å². The molecule has 2 saturated carbocycles. The molecule has 0 aromatic rings. The first-order valence-electron chi connectivity index (χ1n) is 7.74. The Kier molecular flexibility index (Phi) is 4.85. The van der Waals surface area contributed by atoms with Gasteiger partial charge in [0.25, 0.3) is 0 Å². The largest absolute Gasteiger partial charge is 0.392 e. The van der Waals surface area contributed by atoms with Crippen LogP contribution in [0.25, 0.3) is 0 Å². The van der Waals surface area contributed by atoms with Crippen LogP contribution in [-0.2, 0) is 4.79 Å². The van der Waals surface area contributed by atoms with E-state index >= 15 is 0 Å². The van der Waals surface area contributed by atoms with E-state index in [1.54, 1.807) is 0 Å². The summed E-state index contributed by atoms with van der Waals surface area (Å²) in [6, 6.07) is 0.631. The monoisotopic (exact) mass is 268 g/mol. The molecular formula is C15H28N2O2. The van der Waals surface area contributed by atoms with Crippen LogP contribution in [0, 0.1) is 5.41 Å². The molecule has 0 spiro atoms. The minimum atomic E-state index is -0.271. The van der Waals surface area contributed by atoms with E-state index in [4.69, 9.17) is 0 Å². The van der Waals surface area contributed by atoms with Gasteiger partial charge in [0, 0.05) is 18.0 Å².